The van der Waals surface area contributed by atoms with Gasteiger partial charge in [0.15, 0.2) is 0 Å². The Hall–Kier alpha value is -2.37. The van der Waals surface area contributed by atoms with Crippen LogP contribution in [0.3, 0.4) is 0 Å². The highest BCUT2D eigenvalue weighted by atomic mass is 16.4. The van der Waals surface area contributed by atoms with Crippen LogP contribution in [0, 0.1) is 5.92 Å². The van der Waals surface area contributed by atoms with Gasteiger partial charge in [0.05, 0.1) is 5.92 Å². The monoisotopic (exact) mass is 330 g/mol. The molecule has 1 fully saturated rings. The first-order valence-corrected chi connectivity index (χ1v) is 8.45. The summed E-state index contributed by atoms with van der Waals surface area (Å²) in [6, 6.07) is 7.89. The van der Waals surface area contributed by atoms with E-state index in [1.54, 1.807) is 9.80 Å². The summed E-state index contributed by atoms with van der Waals surface area (Å²) in [5, 5.41) is 9.00. The van der Waals surface area contributed by atoms with Gasteiger partial charge in [-0.05, 0) is 30.9 Å². The average molecular weight is 330 g/mol. The minimum absolute atomic E-state index is 0.0171. The summed E-state index contributed by atoms with van der Waals surface area (Å²) in [6.45, 7) is 1.35. The molecule has 1 aromatic carbocycles. The van der Waals surface area contributed by atoms with Crippen LogP contribution in [0.25, 0.3) is 0 Å². The molecule has 1 aromatic rings. The molecule has 1 N–H and O–H groups in total. The van der Waals surface area contributed by atoms with Crippen molar-refractivity contribution >= 4 is 23.5 Å². The van der Waals surface area contributed by atoms with E-state index in [-0.39, 0.29) is 11.8 Å². The van der Waals surface area contributed by atoms with Crippen LogP contribution in [0.5, 0.6) is 0 Å². The Morgan fingerprint density at radius 1 is 1.21 bits per heavy atom. The number of rotatable bonds is 5. The number of aryl methyl sites for hydroxylation is 1. The van der Waals surface area contributed by atoms with Gasteiger partial charge >= 0.3 is 5.97 Å². The van der Waals surface area contributed by atoms with Crippen molar-refractivity contribution in [1.29, 1.82) is 0 Å². The van der Waals surface area contributed by atoms with E-state index in [1.807, 2.05) is 24.3 Å². The Morgan fingerprint density at radius 2 is 2.00 bits per heavy atom. The molecule has 3 rings (SSSR count). The fourth-order valence-corrected chi connectivity index (χ4v) is 3.48. The van der Waals surface area contributed by atoms with Gasteiger partial charge in [0.25, 0.3) is 0 Å². The molecule has 2 aliphatic rings. The molecule has 6 heteroatoms. The smallest absolute Gasteiger partial charge is 0.308 e. The topological polar surface area (TPSA) is 77.9 Å². The van der Waals surface area contributed by atoms with Crippen molar-refractivity contribution in [2.75, 3.05) is 24.5 Å². The molecule has 0 saturated carbocycles. The molecule has 0 aromatic heterocycles. The van der Waals surface area contributed by atoms with Crippen molar-refractivity contribution in [2.24, 2.45) is 5.92 Å². The van der Waals surface area contributed by atoms with Crippen molar-refractivity contribution in [3.05, 3.63) is 29.8 Å². The summed E-state index contributed by atoms with van der Waals surface area (Å²) in [5.74, 6) is -1.19. The van der Waals surface area contributed by atoms with E-state index in [0.717, 1.165) is 12.1 Å². The zero-order valence-corrected chi connectivity index (χ0v) is 13.6. The highest BCUT2D eigenvalue weighted by Gasteiger charge is 2.30. The number of aliphatic carboxylic acids is 1. The van der Waals surface area contributed by atoms with Crippen molar-refractivity contribution in [3.63, 3.8) is 0 Å². The minimum atomic E-state index is -0.833. The lowest BCUT2D eigenvalue weighted by atomic mass is 10.0. The van der Waals surface area contributed by atoms with Crippen LogP contribution in [-0.2, 0) is 20.8 Å². The molecule has 6 nitrogen and oxygen atoms in total. The predicted octanol–water partition coefficient (Wildman–Crippen LogP) is 1.68. The molecule has 2 amide bonds. The number of benzene rings is 1. The summed E-state index contributed by atoms with van der Waals surface area (Å²) >= 11 is 0. The van der Waals surface area contributed by atoms with Crippen LogP contribution < -0.4 is 4.90 Å². The van der Waals surface area contributed by atoms with Crippen LogP contribution >= 0.6 is 0 Å². The Kier molecular flexibility index (Phi) is 4.83. The van der Waals surface area contributed by atoms with Crippen LogP contribution in [-0.4, -0.2) is 47.4 Å². The molecule has 1 atom stereocenters. The fourth-order valence-electron chi connectivity index (χ4n) is 3.48. The number of carbonyl (C=O) groups excluding carboxylic acids is 2. The van der Waals surface area contributed by atoms with E-state index in [9.17, 15) is 14.4 Å². The first-order valence-electron chi connectivity index (χ1n) is 8.45. The molecular formula is C18H22N2O4. The molecule has 0 radical (unpaired) electrons. The van der Waals surface area contributed by atoms with Gasteiger partial charge in [-0.3, -0.25) is 14.4 Å². The Bertz CT molecular complexity index is 658. The first-order chi connectivity index (χ1) is 11.6. The number of carboxylic acids is 1. The number of carboxylic acid groups (broad SMARTS) is 1. The van der Waals surface area contributed by atoms with Gasteiger partial charge < -0.3 is 14.9 Å². The minimum Gasteiger partial charge on any atom is -0.481 e. The number of carbonyl (C=O) groups is 3. The molecule has 2 aliphatic heterocycles. The van der Waals surface area contributed by atoms with E-state index in [1.165, 1.54) is 5.56 Å². The van der Waals surface area contributed by atoms with Crippen LogP contribution in [0.1, 0.15) is 31.2 Å². The second-order valence-electron chi connectivity index (χ2n) is 6.44. The zero-order valence-electron chi connectivity index (χ0n) is 13.6. The standard InChI is InChI=1S/C18H22N2O4/c21-16(19-11-9-14(12-19)18(23)24)6-3-10-20-15-5-2-1-4-13(15)7-8-17(20)22/h1-2,4-5,14H,3,6-12H2,(H,23,24)/t14-/m0/s1. The fraction of sp³-hybridized carbons (Fsp3) is 0.500. The number of anilines is 1. The maximum atomic E-state index is 12.2. The summed E-state index contributed by atoms with van der Waals surface area (Å²) in [5.41, 5.74) is 2.13. The molecule has 1 saturated heterocycles. The SMILES string of the molecule is O=C(O)[C@H]1CCN(C(=O)CCCN2C(=O)CCc3ccccc32)C1. The predicted molar refractivity (Wildman–Crippen MR) is 88.7 cm³/mol. The maximum absolute atomic E-state index is 12.2. The molecule has 0 bridgehead atoms. The van der Waals surface area contributed by atoms with E-state index in [0.29, 0.717) is 45.3 Å². The molecule has 24 heavy (non-hydrogen) atoms. The second kappa shape index (κ2) is 7.03. The van der Waals surface area contributed by atoms with E-state index >= 15 is 0 Å². The van der Waals surface area contributed by atoms with Gasteiger partial charge in [0.1, 0.15) is 0 Å². The number of nitrogens with zero attached hydrogens (tertiary/aromatic N) is 2. The van der Waals surface area contributed by atoms with Crippen LogP contribution in [0.2, 0.25) is 0 Å². The van der Waals surface area contributed by atoms with Gasteiger partial charge in [-0.1, -0.05) is 18.2 Å². The third kappa shape index (κ3) is 3.42. The summed E-state index contributed by atoms with van der Waals surface area (Å²) in [7, 11) is 0. The number of hydrogen-bond donors (Lipinski definition) is 1. The quantitative estimate of drug-likeness (QED) is 0.891. The molecule has 0 aliphatic carbocycles. The lowest BCUT2D eigenvalue weighted by Gasteiger charge is -2.29. The normalized spacial score (nSPS) is 20.2. The summed E-state index contributed by atoms with van der Waals surface area (Å²) in [4.78, 5) is 38.7. The highest BCUT2D eigenvalue weighted by Crippen LogP contribution is 2.27. The van der Waals surface area contributed by atoms with Crippen molar-refractivity contribution in [3.8, 4) is 0 Å². The molecule has 0 spiro atoms. The average Bonchev–Trinajstić information content (AvgIpc) is 3.07. The third-order valence-electron chi connectivity index (χ3n) is 4.85. The largest absolute Gasteiger partial charge is 0.481 e. The van der Waals surface area contributed by atoms with Crippen LogP contribution in [0.15, 0.2) is 24.3 Å². The maximum Gasteiger partial charge on any atom is 0.308 e. The van der Waals surface area contributed by atoms with Crippen molar-refractivity contribution < 1.29 is 19.5 Å². The van der Waals surface area contributed by atoms with Gasteiger partial charge in [-0.25, -0.2) is 0 Å². The van der Waals surface area contributed by atoms with Crippen LogP contribution in [0.4, 0.5) is 5.69 Å². The number of para-hydroxylation sites is 1. The zero-order chi connectivity index (χ0) is 17.1. The highest BCUT2D eigenvalue weighted by molar-refractivity contribution is 5.96. The van der Waals surface area contributed by atoms with Crippen molar-refractivity contribution in [1.82, 2.24) is 4.90 Å². The third-order valence-corrected chi connectivity index (χ3v) is 4.85. The Morgan fingerprint density at radius 3 is 2.75 bits per heavy atom. The summed E-state index contributed by atoms with van der Waals surface area (Å²) in [6.07, 6.45) is 2.75. The van der Waals surface area contributed by atoms with E-state index in [4.69, 9.17) is 5.11 Å². The lowest BCUT2D eigenvalue weighted by molar-refractivity contribution is -0.141. The number of hydrogen-bond acceptors (Lipinski definition) is 3. The number of fused-ring (bicyclic) bond motifs is 1. The van der Waals surface area contributed by atoms with Gasteiger partial charge in [0, 0.05) is 38.2 Å². The molecular weight excluding hydrogens is 308 g/mol. The lowest BCUT2D eigenvalue weighted by Crippen LogP contribution is -2.36. The Labute approximate surface area is 141 Å². The Balaban J connectivity index is 1.52. The van der Waals surface area contributed by atoms with Crippen molar-refractivity contribution in [2.45, 2.75) is 32.1 Å². The number of likely N-dealkylation sites (tertiary alicyclic amines) is 1. The van der Waals surface area contributed by atoms with Gasteiger partial charge in [0.2, 0.25) is 11.8 Å². The molecule has 128 valence electrons. The molecule has 0 unspecified atom stereocenters. The van der Waals surface area contributed by atoms with E-state index in [2.05, 4.69) is 0 Å². The first kappa shape index (κ1) is 16.5. The number of amides is 2. The summed E-state index contributed by atoms with van der Waals surface area (Å²) < 4.78 is 0. The second-order valence-corrected chi connectivity index (χ2v) is 6.44. The molecule has 2 heterocycles. The van der Waals surface area contributed by atoms with Gasteiger partial charge in [-0.2, -0.15) is 0 Å². The van der Waals surface area contributed by atoms with E-state index < -0.39 is 11.9 Å². The van der Waals surface area contributed by atoms with Gasteiger partial charge in [-0.15, -0.1) is 0 Å².